The molecule has 1 aromatic carbocycles. The zero-order valence-electron chi connectivity index (χ0n) is 17.7. The highest BCUT2D eigenvalue weighted by molar-refractivity contribution is 5.94. The number of carbonyl (C=O) groups is 1. The summed E-state index contributed by atoms with van der Waals surface area (Å²) in [6.07, 6.45) is 7.09. The van der Waals surface area contributed by atoms with E-state index in [9.17, 15) is 4.79 Å². The molecule has 2 aliphatic heterocycles. The van der Waals surface area contributed by atoms with Crippen LogP contribution in [0.1, 0.15) is 44.0 Å². The van der Waals surface area contributed by atoms with Crippen molar-refractivity contribution in [1.82, 2.24) is 15.3 Å². The van der Waals surface area contributed by atoms with E-state index in [1.807, 2.05) is 11.0 Å². The van der Waals surface area contributed by atoms with Crippen LogP contribution in [0.2, 0.25) is 0 Å². The van der Waals surface area contributed by atoms with Gasteiger partial charge in [-0.2, -0.15) is 5.26 Å². The second-order valence-corrected chi connectivity index (χ2v) is 7.78. The van der Waals surface area contributed by atoms with E-state index in [2.05, 4.69) is 53.4 Å². The second-order valence-electron chi connectivity index (χ2n) is 7.78. The van der Waals surface area contributed by atoms with Crippen molar-refractivity contribution in [3.05, 3.63) is 53.5 Å². The van der Waals surface area contributed by atoms with Gasteiger partial charge in [0.25, 0.3) is 0 Å². The fourth-order valence-electron chi connectivity index (χ4n) is 3.91. The summed E-state index contributed by atoms with van der Waals surface area (Å²) >= 11 is 0. The monoisotopic (exact) mass is 404 g/mol. The number of anilines is 2. The number of nitrogens with two attached hydrogens (primary N) is 1. The summed E-state index contributed by atoms with van der Waals surface area (Å²) in [7, 11) is 0. The quantitative estimate of drug-likeness (QED) is 0.757. The number of rotatable bonds is 1. The largest absolute Gasteiger partial charge is 0.382 e. The summed E-state index contributed by atoms with van der Waals surface area (Å²) < 4.78 is 0. The van der Waals surface area contributed by atoms with Crippen LogP contribution in [0.5, 0.6) is 0 Å². The van der Waals surface area contributed by atoms with Gasteiger partial charge in [0.2, 0.25) is 5.91 Å². The molecule has 2 aromatic rings. The molecule has 0 fully saturated rings. The average Bonchev–Trinajstić information content (AvgIpc) is 2.75. The van der Waals surface area contributed by atoms with Crippen molar-refractivity contribution in [2.45, 2.75) is 39.7 Å². The molecular weight excluding hydrogens is 376 g/mol. The van der Waals surface area contributed by atoms with Gasteiger partial charge >= 0.3 is 0 Å². The summed E-state index contributed by atoms with van der Waals surface area (Å²) in [5.74, 6) is 0.969. The van der Waals surface area contributed by atoms with Gasteiger partial charge in [0.1, 0.15) is 11.9 Å². The zero-order valence-corrected chi connectivity index (χ0v) is 17.7. The maximum Gasteiger partial charge on any atom is 0.224 e. The maximum atomic E-state index is 12.0. The first-order chi connectivity index (χ1) is 14.4. The van der Waals surface area contributed by atoms with E-state index >= 15 is 0 Å². The maximum absolute atomic E-state index is 12.0. The fraction of sp³-hybridized carbons (Fsp3) is 0.391. The van der Waals surface area contributed by atoms with Crippen molar-refractivity contribution in [3.63, 3.8) is 0 Å². The van der Waals surface area contributed by atoms with Gasteiger partial charge in [-0.3, -0.25) is 4.79 Å². The smallest absolute Gasteiger partial charge is 0.224 e. The molecule has 0 spiro atoms. The molecule has 2 atom stereocenters. The Bertz CT molecular complexity index is 976. The Kier molecular flexibility index (Phi) is 6.80. The molecule has 156 valence electrons. The van der Waals surface area contributed by atoms with Crippen LogP contribution in [0.25, 0.3) is 5.57 Å². The highest BCUT2D eigenvalue weighted by Crippen LogP contribution is 2.36. The van der Waals surface area contributed by atoms with E-state index in [1.54, 1.807) is 6.92 Å². The van der Waals surface area contributed by atoms with Crippen LogP contribution in [-0.4, -0.2) is 35.0 Å². The molecule has 2 aliphatic rings. The van der Waals surface area contributed by atoms with Crippen LogP contribution in [0.15, 0.2) is 36.7 Å². The minimum absolute atomic E-state index is 0.143. The highest BCUT2D eigenvalue weighted by Gasteiger charge is 2.31. The lowest BCUT2D eigenvalue weighted by Crippen LogP contribution is -2.45. The van der Waals surface area contributed by atoms with Crippen LogP contribution in [-0.2, 0) is 11.2 Å². The summed E-state index contributed by atoms with van der Waals surface area (Å²) in [4.78, 5) is 21.3. The molecule has 0 bridgehead atoms. The van der Waals surface area contributed by atoms with Gasteiger partial charge in [-0.05, 0) is 61.1 Å². The molecule has 30 heavy (non-hydrogen) atoms. The minimum atomic E-state index is 0.143. The summed E-state index contributed by atoms with van der Waals surface area (Å²) in [5, 5.41) is 11.6. The van der Waals surface area contributed by atoms with Crippen LogP contribution in [0.3, 0.4) is 0 Å². The van der Waals surface area contributed by atoms with Crippen molar-refractivity contribution in [1.29, 1.82) is 5.26 Å². The van der Waals surface area contributed by atoms with Gasteiger partial charge in [0.15, 0.2) is 5.69 Å². The van der Waals surface area contributed by atoms with Crippen molar-refractivity contribution in [3.8, 4) is 6.07 Å². The van der Waals surface area contributed by atoms with Crippen LogP contribution in [0.4, 0.5) is 11.5 Å². The van der Waals surface area contributed by atoms with E-state index in [-0.39, 0.29) is 17.6 Å². The topological polar surface area (TPSA) is 108 Å². The summed E-state index contributed by atoms with van der Waals surface area (Å²) in [6.45, 7) is 8.06. The molecule has 3 N–H and O–H groups in total. The van der Waals surface area contributed by atoms with Crippen LogP contribution in [0, 0.1) is 17.2 Å². The number of nitriles is 1. The van der Waals surface area contributed by atoms with Crippen LogP contribution < -0.4 is 16.0 Å². The zero-order chi connectivity index (χ0) is 21.7. The molecule has 7 nitrogen and oxygen atoms in total. The first-order valence-corrected chi connectivity index (χ1v) is 10.2. The standard InChI is InChI=1S/C18H24N2O.C5H4N4/c1-12-10-17-11-16(15-6-8-19-9-7-15)4-5-18(17)20(13(12)2)14(3)21;6-1-4-2-9-5(7)3-8-4/h4-6,11-13,19H,7-10H2,1-3H3;2-3H,(H2,7,9)/t12?,13-;/m0./s1. The van der Waals surface area contributed by atoms with E-state index in [0.717, 1.165) is 31.6 Å². The lowest BCUT2D eigenvalue weighted by atomic mass is 9.85. The summed E-state index contributed by atoms with van der Waals surface area (Å²) in [6, 6.07) is 8.71. The Morgan fingerprint density at radius 3 is 2.70 bits per heavy atom. The van der Waals surface area contributed by atoms with Crippen molar-refractivity contribution < 1.29 is 4.79 Å². The molecule has 0 aliphatic carbocycles. The van der Waals surface area contributed by atoms with E-state index in [4.69, 9.17) is 11.0 Å². The van der Waals surface area contributed by atoms with E-state index in [0.29, 0.717) is 11.7 Å². The van der Waals surface area contributed by atoms with Crippen molar-refractivity contribution >= 4 is 23.0 Å². The molecule has 7 heteroatoms. The van der Waals surface area contributed by atoms with Gasteiger partial charge in [0.05, 0.1) is 12.4 Å². The number of carbonyl (C=O) groups excluding carboxylic acids is 1. The van der Waals surface area contributed by atoms with Crippen molar-refractivity contribution in [2.24, 2.45) is 5.92 Å². The number of fused-ring (bicyclic) bond motifs is 1. The number of nitrogens with zero attached hydrogens (tertiary/aromatic N) is 4. The number of hydrogen-bond acceptors (Lipinski definition) is 6. The third-order valence-electron chi connectivity index (χ3n) is 5.67. The normalized spacial score (nSPS) is 20.2. The number of benzene rings is 1. The lowest BCUT2D eigenvalue weighted by molar-refractivity contribution is -0.117. The number of hydrogen-bond donors (Lipinski definition) is 2. The molecule has 1 amide bonds. The number of amides is 1. The number of nitrogens with one attached hydrogen (secondary N) is 1. The van der Waals surface area contributed by atoms with Gasteiger partial charge in [-0.25, -0.2) is 9.97 Å². The first kappa shape index (κ1) is 21.5. The Balaban J connectivity index is 0.000000239. The number of aromatic nitrogens is 2. The third-order valence-corrected chi connectivity index (χ3v) is 5.67. The van der Waals surface area contributed by atoms with Crippen LogP contribution >= 0.6 is 0 Å². The van der Waals surface area contributed by atoms with Gasteiger partial charge < -0.3 is 16.0 Å². The predicted octanol–water partition coefficient (Wildman–Crippen LogP) is 2.93. The predicted molar refractivity (Wildman–Crippen MR) is 119 cm³/mol. The average molecular weight is 405 g/mol. The molecule has 4 rings (SSSR count). The first-order valence-electron chi connectivity index (χ1n) is 10.2. The van der Waals surface area contributed by atoms with E-state index in [1.165, 1.54) is 29.1 Å². The molecular formula is C23H28N6O. The Morgan fingerprint density at radius 2 is 2.10 bits per heavy atom. The Hall–Kier alpha value is -3.24. The summed E-state index contributed by atoms with van der Waals surface area (Å²) in [5.41, 5.74) is 10.6. The molecule has 0 saturated heterocycles. The molecule has 0 radical (unpaired) electrons. The number of nitrogen functional groups attached to an aromatic ring is 1. The fourth-order valence-corrected chi connectivity index (χ4v) is 3.91. The van der Waals surface area contributed by atoms with Gasteiger partial charge in [0, 0.05) is 25.2 Å². The minimum Gasteiger partial charge on any atom is -0.382 e. The molecule has 3 heterocycles. The van der Waals surface area contributed by atoms with E-state index < -0.39 is 0 Å². The molecule has 1 unspecified atom stereocenters. The SMILES string of the molecule is CC(=O)N1c2ccc(C3=CCNCC3)cc2CC(C)[C@@H]1C.N#Cc1cnc(N)cn1. The second kappa shape index (κ2) is 9.51. The lowest BCUT2D eigenvalue weighted by Gasteiger charge is -2.39. The Morgan fingerprint density at radius 1 is 1.30 bits per heavy atom. The van der Waals surface area contributed by atoms with Gasteiger partial charge in [-0.1, -0.05) is 19.1 Å². The van der Waals surface area contributed by atoms with Gasteiger partial charge in [-0.15, -0.1) is 0 Å². The molecule has 0 saturated carbocycles. The molecule has 1 aromatic heterocycles. The Labute approximate surface area is 177 Å². The highest BCUT2D eigenvalue weighted by atomic mass is 16.2. The van der Waals surface area contributed by atoms with Crippen molar-refractivity contribution in [2.75, 3.05) is 23.7 Å². The third kappa shape index (κ3) is 4.84.